The van der Waals surface area contributed by atoms with Crippen LogP contribution in [0, 0.1) is 11.6 Å². The molecule has 2 fully saturated rings. The van der Waals surface area contributed by atoms with Gasteiger partial charge in [0.15, 0.2) is 5.82 Å². The number of rotatable bonds is 7. The molecule has 2 aliphatic heterocycles. The molecule has 4 heterocycles. The molecule has 0 aliphatic carbocycles. The molecule has 13 heteroatoms. The number of piperidine rings is 1. The number of hydrogen-bond donors (Lipinski definition) is 2. The van der Waals surface area contributed by atoms with Gasteiger partial charge in [0.1, 0.15) is 23.4 Å². The molecule has 0 bridgehead atoms. The number of anilines is 2. The van der Waals surface area contributed by atoms with Crippen LogP contribution in [0.2, 0.25) is 0 Å². The summed E-state index contributed by atoms with van der Waals surface area (Å²) in [5.41, 5.74) is 1.15. The second kappa shape index (κ2) is 10.9. The van der Waals surface area contributed by atoms with Crippen LogP contribution in [-0.2, 0) is 15.0 Å². The lowest BCUT2D eigenvalue weighted by Gasteiger charge is -2.28. The van der Waals surface area contributed by atoms with Crippen molar-refractivity contribution in [1.29, 1.82) is 0 Å². The van der Waals surface area contributed by atoms with Gasteiger partial charge < -0.3 is 9.88 Å². The zero-order chi connectivity index (χ0) is 29.6. The van der Waals surface area contributed by atoms with Crippen molar-refractivity contribution in [2.24, 2.45) is 0 Å². The maximum Gasteiger partial charge on any atom is 0.301 e. The van der Waals surface area contributed by atoms with Gasteiger partial charge in [-0.15, -0.1) is 0 Å². The maximum absolute atomic E-state index is 15.5. The largest absolute Gasteiger partial charge is 0.371 e. The van der Waals surface area contributed by atoms with Crippen molar-refractivity contribution in [2.45, 2.75) is 25.4 Å². The van der Waals surface area contributed by atoms with Crippen molar-refractivity contribution in [3.63, 3.8) is 0 Å². The number of hydrogen-bond acceptors (Lipinski definition) is 6. The van der Waals surface area contributed by atoms with E-state index in [0.29, 0.717) is 42.5 Å². The number of halogens is 3. The number of fused-ring (bicyclic) bond motifs is 1. The maximum atomic E-state index is 15.5. The summed E-state index contributed by atoms with van der Waals surface area (Å²) in [4.78, 5) is 34.4. The minimum Gasteiger partial charge on any atom is -0.371 e. The minimum absolute atomic E-state index is 0.0118. The molecule has 2 N–H and O–H groups in total. The van der Waals surface area contributed by atoms with Crippen molar-refractivity contribution < 1.29 is 31.2 Å². The van der Waals surface area contributed by atoms with Gasteiger partial charge in [-0.1, -0.05) is 12.1 Å². The van der Waals surface area contributed by atoms with Crippen molar-refractivity contribution in [3.8, 4) is 11.1 Å². The second-order valence-corrected chi connectivity index (χ2v) is 12.0. The van der Waals surface area contributed by atoms with Gasteiger partial charge in [-0.25, -0.2) is 18.2 Å². The van der Waals surface area contributed by atoms with Gasteiger partial charge in [0.05, 0.1) is 11.3 Å². The minimum atomic E-state index is -4.33. The first-order valence-corrected chi connectivity index (χ1v) is 14.8. The summed E-state index contributed by atoms with van der Waals surface area (Å²) in [6.07, 6.45) is 2.61. The lowest BCUT2D eigenvalue weighted by molar-refractivity contribution is -0.119. The lowest BCUT2D eigenvalue weighted by atomic mass is 9.99. The number of alkyl halides is 1. The molecule has 6 rings (SSSR count). The number of Topliss-reactive ketones (excluding diaryl/α,β-unsaturated/α-hetero) is 1. The van der Waals surface area contributed by atoms with Crippen LogP contribution in [0.3, 0.4) is 0 Å². The van der Waals surface area contributed by atoms with E-state index in [4.69, 9.17) is 0 Å². The van der Waals surface area contributed by atoms with Gasteiger partial charge in [-0.3, -0.25) is 14.3 Å². The van der Waals surface area contributed by atoms with Crippen LogP contribution in [0.15, 0.2) is 54.9 Å². The van der Waals surface area contributed by atoms with E-state index >= 15 is 4.39 Å². The molecule has 1 unspecified atom stereocenters. The molecule has 0 saturated carbocycles. The Hall–Kier alpha value is -4.23. The number of nitrogens with zero attached hydrogens (tertiary/aromatic N) is 3. The van der Waals surface area contributed by atoms with E-state index in [2.05, 4.69) is 14.9 Å². The summed E-state index contributed by atoms with van der Waals surface area (Å²) in [7, 11) is -4.33. The van der Waals surface area contributed by atoms with E-state index < -0.39 is 45.0 Å². The molecule has 218 valence electrons. The molecule has 0 radical (unpaired) electrons. The molecular formula is C29H26F3N5O4S. The third kappa shape index (κ3) is 5.25. The van der Waals surface area contributed by atoms with Gasteiger partial charge in [0.25, 0.3) is 0 Å². The summed E-state index contributed by atoms with van der Waals surface area (Å²) in [6.45, 7) is 0.855. The standard InChI is InChI=1S/C29H26F3N5O4S/c30-19-7-12-37(16-19)42(40,41)35-25-6-5-24(31)26(27(25)32)28(39)23-15-34-29-22(23)13-18(14-33-29)17-1-3-20(4-2-17)36-10-8-21(38)9-11-36/h1-6,13-15,19,35H,7-12,16H2,(H,33,34). The normalized spacial score (nSPS) is 18.1. The lowest BCUT2D eigenvalue weighted by Crippen LogP contribution is -2.34. The summed E-state index contributed by atoms with van der Waals surface area (Å²) >= 11 is 0. The molecule has 2 aromatic carbocycles. The van der Waals surface area contributed by atoms with Crippen LogP contribution in [0.5, 0.6) is 0 Å². The van der Waals surface area contributed by atoms with Gasteiger partial charge >= 0.3 is 10.2 Å². The Labute approximate surface area is 239 Å². The highest BCUT2D eigenvalue weighted by atomic mass is 32.2. The van der Waals surface area contributed by atoms with Gasteiger partial charge in [-0.05, 0) is 42.3 Å². The smallest absolute Gasteiger partial charge is 0.301 e. The number of pyridine rings is 1. The summed E-state index contributed by atoms with van der Waals surface area (Å²) < 4.78 is 72.0. The highest BCUT2D eigenvalue weighted by molar-refractivity contribution is 7.90. The number of carbonyl (C=O) groups excluding carboxylic acids is 2. The van der Waals surface area contributed by atoms with Crippen LogP contribution in [0.25, 0.3) is 22.2 Å². The number of nitrogens with one attached hydrogen (secondary N) is 2. The number of aromatic nitrogens is 2. The van der Waals surface area contributed by atoms with Crippen molar-refractivity contribution in [1.82, 2.24) is 14.3 Å². The number of ketones is 2. The topological polar surface area (TPSA) is 115 Å². The highest BCUT2D eigenvalue weighted by Gasteiger charge is 2.33. The van der Waals surface area contributed by atoms with Crippen molar-refractivity contribution >= 4 is 44.2 Å². The fourth-order valence-electron chi connectivity index (χ4n) is 5.31. The molecule has 0 amide bonds. The van der Waals surface area contributed by atoms with Crippen LogP contribution in [0.4, 0.5) is 24.5 Å². The van der Waals surface area contributed by atoms with Gasteiger partial charge in [0, 0.05) is 73.6 Å². The van der Waals surface area contributed by atoms with E-state index in [9.17, 15) is 26.8 Å². The Morgan fingerprint density at radius 1 is 1.02 bits per heavy atom. The average Bonchev–Trinajstić information content (AvgIpc) is 3.61. The first-order chi connectivity index (χ1) is 20.1. The molecule has 2 saturated heterocycles. The first-order valence-electron chi connectivity index (χ1n) is 13.4. The van der Waals surface area contributed by atoms with E-state index in [0.717, 1.165) is 27.7 Å². The zero-order valence-corrected chi connectivity index (χ0v) is 23.1. The summed E-state index contributed by atoms with van der Waals surface area (Å²) in [5.74, 6) is -3.30. The number of aromatic amines is 1. The van der Waals surface area contributed by atoms with E-state index in [1.165, 1.54) is 6.20 Å². The molecule has 42 heavy (non-hydrogen) atoms. The Morgan fingerprint density at radius 2 is 1.76 bits per heavy atom. The first kappa shape index (κ1) is 27.9. The zero-order valence-electron chi connectivity index (χ0n) is 22.2. The Morgan fingerprint density at radius 3 is 2.45 bits per heavy atom. The van der Waals surface area contributed by atoms with Gasteiger partial charge in [0.2, 0.25) is 5.78 Å². The van der Waals surface area contributed by atoms with Crippen LogP contribution in [0.1, 0.15) is 35.2 Å². The van der Waals surface area contributed by atoms with E-state index in [-0.39, 0.29) is 30.9 Å². The van der Waals surface area contributed by atoms with E-state index in [1.54, 1.807) is 12.3 Å². The number of benzene rings is 2. The fraction of sp³-hybridized carbons (Fsp3) is 0.276. The predicted molar refractivity (Wildman–Crippen MR) is 151 cm³/mol. The number of H-pyrrole nitrogens is 1. The Kier molecular flexibility index (Phi) is 7.23. The molecule has 9 nitrogen and oxygen atoms in total. The molecule has 1 atom stereocenters. The third-order valence-corrected chi connectivity index (χ3v) is 9.14. The summed E-state index contributed by atoms with van der Waals surface area (Å²) in [5, 5.41) is 0.326. The third-order valence-electron chi connectivity index (χ3n) is 7.65. The fourth-order valence-corrected chi connectivity index (χ4v) is 6.58. The van der Waals surface area contributed by atoms with Crippen molar-refractivity contribution in [2.75, 3.05) is 35.8 Å². The van der Waals surface area contributed by atoms with E-state index in [1.807, 2.05) is 29.0 Å². The van der Waals surface area contributed by atoms with Crippen LogP contribution in [-0.4, -0.2) is 66.6 Å². The number of carbonyl (C=O) groups is 2. The second-order valence-electron chi connectivity index (χ2n) is 10.4. The van der Waals surface area contributed by atoms with Gasteiger partial charge in [-0.2, -0.15) is 12.7 Å². The molecule has 2 aliphatic rings. The average molecular weight is 598 g/mol. The Balaban J connectivity index is 1.29. The molecule has 4 aromatic rings. The van der Waals surface area contributed by atoms with Crippen LogP contribution >= 0.6 is 0 Å². The predicted octanol–water partition coefficient (Wildman–Crippen LogP) is 4.61. The Bertz CT molecular complexity index is 1800. The monoisotopic (exact) mass is 597 g/mol. The SMILES string of the molecule is O=C1CCN(c2ccc(-c3cnc4[nH]cc(C(=O)c5c(F)ccc(NS(=O)(=O)N6CCC(F)C6)c5F)c4c3)cc2)CC1. The molecule has 2 aromatic heterocycles. The van der Waals surface area contributed by atoms with Crippen LogP contribution < -0.4 is 9.62 Å². The van der Waals surface area contributed by atoms with Crippen molar-refractivity contribution in [3.05, 3.63) is 77.6 Å². The molecule has 0 spiro atoms. The molecular weight excluding hydrogens is 571 g/mol. The highest BCUT2D eigenvalue weighted by Crippen LogP contribution is 2.31. The quantitative estimate of drug-likeness (QED) is 0.301. The summed E-state index contributed by atoms with van der Waals surface area (Å²) in [6, 6.07) is 11.0.